The molecule has 0 unspecified atom stereocenters. The smallest absolute Gasteiger partial charge is 0.321 e. The number of piperazine rings is 1. The summed E-state index contributed by atoms with van der Waals surface area (Å²) in [5.41, 5.74) is 8.89. The maximum absolute atomic E-state index is 13.4. The predicted molar refractivity (Wildman–Crippen MR) is 153 cm³/mol. The van der Waals surface area contributed by atoms with Gasteiger partial charge >= 0.3 is 6.03 Å². The van der Waals surface area contributed by atoms with Gasteiger partial charge in [0.05, 0.1) is 31.5 Å². The number of aromatic nitrogens is 1. The molecule has 1 fully saturated rings. The molecule has 3 aromatic rings. The number of primary amides is 1. The first kappa shape index (κ1) is 28.7. The molecule has 1 aliphatic rings. The van der Waals surface area contributed by atoms with E-state index in [0.29, 0.717) is 68.4 Å². The van der Waals surface area contributed by atoms with Gasteiger partial charge < -0.3 is 30.0 Å². The zero-order chi connectivity index (χ0) is 28.6. The number of nitrogens with one attached hydrogen (secondary N) is 1. The SMILES string of the molecule is CCOc1ccc(NC(=O)N2CCN(CC(=O)c3cc(C(N)=O)c(C)n3CCc3ccc(OC)cc3)CC2)cc1. The summed E-state index contributed by atoms with van der Waals surface area (Å²) in [7, 11) is 1.62. The topological polar surface area (TPSA) is 119 Å². The number of carbonyl (C=O) groups is 3. The summed E-state index contributed by atoms with van der Waals surface area (Å²) in [6.07, 6.45) is 0.681. The molecule has 1 aromatic heterocycles. The van der Waals surface area contributed by atoms with Crippen molar-refractivity contribution in [2.75, 3.05) is 51.8 Å². The molecular formula is C30H37N5O5. The summed E-state index contributed by atoms with van der Waals surface area (Å²) in [6, 6.07) is 16.5. The van der Waals surface area contributed by atoms with Gasteiger partial charge in [-0.1, -0.05) is 12.1 Å². The van der Waals surface area contributed by atoms with E-state index in [2.05, 4.69) is 5.32 Å². The molecule has 2 aromatic carbocycles. The van der Waals surface area contributed by atoms with Crippen molar-refractivity contribution in [2.45, 2.75) is 26.8 Å². The molecule has 40 heavy (non-hydrogen) atoms. The molecule has 0 aliphatic carbocycles. The van der Waals surface area contributed by atoms with Crippen molar-refractivity contribution in [3.05, 3.63) is 77.1 Å². The number of hydrogen-bond donors (Lipinski definition) is 2. The van der Waals surface area contributed by atoms with E-state index in [4.69, 9.17) is 15.2 Å². The second-order valence-electron chi connectivity index (χ2n) is 9.72. The van der Waals surface area contributed by atoms with Crippen LogP contribution in [0.25, 0.3) is 0 Å². The summed E-state index contributed by atoms with van der Waals surface area (Å²) in [6.45, 7) is 7.18. The highest BCUT2D eigenvalue weighted by Gasteiger charge is 2.26. The van der Waals surface area contributed by atoms with Gasteiger partial charge in [-0.05, 0) is 68.3 Å². The quantitative estimate of drug-likeness (QED) is 0.354. The molecule has 1 aliphatic heterocycles. The number of carbonyl (C=O) groups excluding carboxylic acids is 3. The Balaban J connectivity index is 1.35. The molecule has 10 nitrogen and oxygen atoms in total. The number of amides is 3. The van der Waals surface area contributed by atoms with Crippen LogP contribution in [0.1, 0.15) is 39.0 Å². The third-order valence-corrected chi connectivity index (χ3v) is 7.14. The van der Waals surface area contributed by atoms with E-state index in [1.54, 1.807) is 18.1 Å². The summed E-state index contributed by atoms with van der Waals surface area (Å²) >= 11 is 0. The third-order valence-electron chi connectivity index (χ3n) is 7.14. The molecule has 2 heterocycles. The van der Waals surface area contributed by atoms with E-state index in [9.17, 15) is 14.4 Å². The minimum absolute atomic E-state index is 0.0855. The molecule has 0 saturated carbocycles. The molecule has 212 valence electrons. The number of aryl methyl sites for hydroxylation is 1. The maximum atomic E-state index is 13.4. The molecule has 0 radical (unpaired) electrons. The van der Waals surface area contributed by atoms with Crippen LogP contribution in [0.15, 0.2) is 54.6 Å². The van der Waals surface area contributed by atoms with Gasteiger partial charge in [0.15, 0.2) is 5.78 Å². The van der Waals surface area contributed by atoms with Gasteiger partial charge in [0.25, 0.3) is 5.91 Å². The Morgan fingerprint density at radius 2 is 1.60 bits per heavy atom. The fraction of sp³-hybridized carbons (Fsp3) is 0.367. The minimum atomic E-state index is -0.554. The lowest BCUT2D eigenvalue weighted by Crippen LogP contribution is -2.51. The molecule has 0 bridgehead atoms. The lowest BCUT2D eigenvalue weighted by Gasteiger charge is -2.34. The summed E-state index contributed by atoms with van der Waals surface area (Å²) in [5.74, 6) is 0.893. The second kappa shape index (κ2) is 13.2. The number of nitrogens with zero attached hydrogens (tertiary/aromatic N) is 3. The number of hydrogen-bond acceptors (Lipinski definition) is 6. The van der Waals surface area contributed by atoms with E-state index in [1.807, 2.05) is 71.8 Å². The standard InChI is InChI=1S/C30H37N5O5/c1-4-40-25-11-7-23(8-12-25)32-30(38)34-17-15-33(16-18-34)20-28(36)27-19-26(29(31)37)21(2)35(27)14-13-22-5-9-24(39-3)10-6-22/h5-12,19H,4,13-18,20H2,1-3H3,(H2,31,37)(H,32,38). The zero-order valence-corrected chi connectivity index (χ0v) is 23.3. The number of ether oxygens (including phenoxy) is 2. The molecule has 3 N–H and O–H groups in total. The van der Waals surface area contributed by atoms with E-state index >= 15 is 0 Å². The van der Waals surface area contributed by atoms with Crippen molar-refractivity contribution in [3.8, 4) is 11.5 Å². The Kier molecular flexibility index (Phi) is 9.44. The van der Waals surface area contributed by atoms with Crippen molar-refractivity contribution in [1.29, 1.82) is 0 Å². The Labute approximate surface area is 234 Å². The molecule has 0 spiro atoms. The monoisotopic (exact) mass is 547 g/mol. The summed E-state index contributed by atoms with van der Waals surface area (Å²) in [5, 5.41) is 2.92. The van der Waals surface area contributed by atoms with Crippen LogP contribution >= 0.6 is 0 Å². The van der Waals surface area contributed by atoms with Crippen LogP contribution in [0.3, 0.4) is 0 Å². The Hall–Kier alpha value is -4.31. The number of benzene rings is 2. The van der Waals surface area contributed by atoms with Crippen LogP contribution < -0.4 is 20.5 Å². The van der Waals surface area contributed by atoms with Crippen LogP contribution in [-0.4, -0.2) is 78.5 Å². The van der Waals surface area contributed by atoms with Crippen LogP contribution in [0, 0.1) is 6.92 Å². The highest BCUT2D eigenvalue weighted by Crippen LogP contribution is 2.20. The van der Waals surface area contributed by atoms with Gasteiger partial charge in [-0.25, -0.2) is 4.79 Å². The number of ketones is 1. The van der Waals surface area contributed by atoms with E-state index < -0.39 is 5.91 Å². The van der Waals surface area contributed by atoms with Gasteiger partial charge in [-0.15, -0.1) is 0 Å². The van der Waals surface area contributed by atoms with Crippen molar-refractivity contribution in [3.63, 3.8) is 0 Å². The molecule has 10 heteroatoms. The number of urea groups is 1. The van der Waals surface area contributed by atoms with Gasteiger partial charge in [0, 0.05) is 44.1 Å². The van der Waals surface area contributed by atoms with Gasteiger partial charge in [0.2, 0.25) is 0 Å². The molecular weight excluding hydrogens is 510 g/mol. The largest absolute Gasteiger partial charge is 0.497 e. The van der Waals surface area contributed by atoms with Crippen LogP contribution in [0.4, 0.5) is 10.5 Å². The zero-order valence-electron chi connectivity index (χ0n) is 23.3. The number of nitrogens with two attached hydrogens (primary N) is 1. The second-order valence-corrected chi connectivity index (χ2v) is 9.72. The lowest BCUT2D eigenvalue weighted by atomic mass is 10.1. The first-order valence-electron chi connectivity index (χ1n) is 13.5. The Morgan fingerprint density at radius 1 is 0.950 bits per heavy atom. The van der Waals surface area contributed by atoms with Crippen molar-refractivity contribution >= 4 is 23.4 Å². The molecule has 4 rings (SSSR count). The average molecular weight is 548 g/mol. The average Bonchev–Trinajstić information content (AvgIpc) is 3.30. The Bertz CT molecular complexity index is 1330. The van der Waals surface area contributed by atoms with Crippen LogP contribution in [-0.2, 0) is 13.0 Å². The van der Waals surface area contributed by atoms with Crippen molar-refractivity contribution in [2.24, 2.45) is 5.73 Å². The fourth-order valence-electron chi connectivity index (χ4n) is 4.84. The minimum Gasteiger partial charge on any atom is -0.497 e. The first-order chi connectivity index (χ1) is 19.3. The van der Waals surface area contributed by atoms with E-state index in [0.717, 1.165) is 17.1 Å². The maximum Gasteiger partial charge on any atom is 0.321 e. The van der Waals surface area contributed by atoms with Crippen LogP contribution in [0.5, 0.6) is 11.5 Å². The molecule has 3 amide bonds. The summed E-state index contributed by atoms with van der Waals surface area (Å²) < 4.78 is 12.5. The van der Waals surface area contributed by atoms with Gasteiger partial charge in [-0.2, -0.15) is 0 Å². The molecule has 1 saturated heterocycles. The Morgan fingerprint density at radius 3 is 2.20 bits per heavy atom. The van der Waals surface area contributed by atoms with Crippen molar-refractivity contribution < 1.29 is 23.9 Å². The molecule has 0 atom stereocenters. The highest BCUT2D eigenvalue weighted by molar-refractivity contribution is 6.01. The highest BCUT2D eigenvalue weighted by atomic mass is 16.5. The lowest BCUT2D eigenvalue weighted by molar-refractivity contribution is 0.0874. The van der Waals surface area contributed by atoms with Crippen molar-refractivity contribution in [1.82, 2.24) is 14.4 Å². The summed E-state index contributed by atoms with van der Waals surface area (Å²) in [4.78, 5) is 42.0. The fourth-order valence-corrected chi connectivity index (χ4v) is 4.84. The van der Waals surface area contributed by atoms with E-state index in [-0.39, 0.29) is 18.4 Å². The number of Topliss-reactive ketones (excluding diaryl/α,β-unsaturated/α-hetero) is 1. The predicted octanol–water partition coefficient (Wildman–Crippen LogP) is 3.58. The first-order valence-corrected chi connectivity index (χ1v) is 13.5. The number of methoxy groups -OCH3 is 1. The van der Waals surface area contributed by atoms with Crippen LogP contribution in [0.2, 0.25) is 0 Å². The number of anilines is 1. The third kappa shape index (κ3) is 7.01. The van der Waals surface area contributed by atoms with Gasteiger partial charge in [-0.3, -0.25) is 14.5 Å². The number of rotatable bonds is 11. The normalized spacial score (nSPS) is 13.6. The van der Waals surface area contributed by atoms with E-state index in [1.165, 1.54) is 0 Å². The van der Waals surface area contributed by atoms with Gasteiger partial charge in [0.1, 0.15) is 11.5 Å².